The minimum atomic E-state index is 0.792. The van der Waals surface area contributed by atoms with Crippen molar-refractivity contribution in [3.05, 3.63) is 90.0 Å². The van der Waals surface area contributed by atoms with Crippen molar-refractivity contribution >= 4 is 5.69 Å². The first-order valence-corrected chi connectivity index (χ1v) is 8.35. The number of hydrogen-bond donors (Lipinski definition) is 0. The zero-order valence-electron chi connectivity index (χ0n) is 14.7. The molecular weight excluding hydrogens is 310 g/mol. The third-order valence-electron chi connectivity index (χ3n) is 4.16. The Morgan fingerprint density at radius 2 is 1.24 bits per heavy atom. The maximum absolute atomic E-state index is 5.62. The van der Waals surface area contributed by atoms with Gasteiger partial charge in [0.2, 0.25) is 0 Å². The standard InChI is InChI=1S/C22H23NO2/c1-24-20-13-14-21(22(15-20)25-2)23(16-18-9-5-3-6-10-18)17-19-11-7-4-8-12-19/h3-15H,16-17H2,1-2H3. The predicted octanol–water partition coefficient (Wildman–Crippen LogP) is 4.91. The highest BCUT2D eigenvalue weighted by molar-refractivity contribution is 5.61. The minimum absolute atomic E-state index is 0.792. The molecular formula is C22H23NO2. The number of ether oxygens (including phenoxy) is 2. The van der Waals surface area contributed by atoms with Gasteiger partial charge in [0.1, 0.15) is 11.5 Å². The van der Waals surface area contributed by atoms with Gasteiger partial charge < -0.3 is 14.4 Å². The highest BCUT2D eigenvalue weighted by Crippen LogP contribution is 2.34. The van der Waals surface area contributed by atoms with Gasteiger partial charge in [-0.05, 0) is 23.3 Å². The van der Waals surface area contributed by atoms with Crippen LogP contribution in [0.15, 0.2) is 78.9 Å². The smallest absolute Gasteiger partial charge is 0.145 e. The Morgan fingerprint density at radius 1 is 0.680 bits per heavy atom. The number of methoxy groups -OCH3 is 2. The van der Waals surface area contributed by atoms with Gasteiger partial charge in [0, 0.05) is 19.2 Å². The summed E-state index contributed by atoms with van der Waals surface area (Å²) in [7, 11) is 3.36. The molecule has 3 aromatic rings. The molecule has 3 rings (SSSR count). The molecule has 0 fully saturated rings. The molecule has 3 nitrogen and oxygen atoms in total. The maximum Gasteiger partial charge on any atom is 0.145 e. The van der Waals surface area contributed by atoms with E-state index in [9.17, 15) is 0 Å². The zero-order valence-corrected chi connectivity index (χ0v) is 14.7. The van der Waals surface area contributed by atoms with Gasteiger partial charge in [0.05, 0.1) is 19.9 Å². The first-order valence-electron chi connectivity index (χ1n) is 8.35. The summed E-state index contributed by atoms with van der Waals surface area (Å²) in [4.78, 5) is 2.32. The lowest BCUT2D eigenvalue weighted by molar-refractivity contribution is 0.394. The predicted molar refractivity (Wildman–Crippen MR) is 102 cm³/mol. The van der Waals surface area contributed by atoms with Crippen molar-refractivity contribution in [3.63, 3.8) is 0 Å². The van der Waals surface area contributed by atoms with E-state index in [-0.39, 0.29) is 0 Å². The molecule has 128 valence electrons. The molecule has 0 aliphatic carbocycles. The normalized spacial score (nSPS) is 10.3. The second kappa shape index (κ2) is 8.25. The van der Waals surface area contributed by atoms with Gasteiger partial charge in [-0.3, -0.25) is 0 Å². The lowest BCUT2D eigenvalue weighted by Gasteiger charge is -2.27. The van der Waals surface area contributed by atoms with E-state index < -0.39 is 0 Å². The molecule has 0 unspecified atom stereocenters. The molecule has 0 N–H and O–H groups in total. The number of anilines is 1. The molecule has 0 aliphatic rings. The van der Waals surface area contributed by atoms with Gasteiger partial charge >= 0.3 is 0 Å². The summed E-state index contributed by atoms with van der Waals surface area (Å²) < 4.78 is 11.0. The Morgan fingerprint density at radius 3 is 1.72 bits per heavy atom. The molecule has 3 heteroatoms. The van der Waals surface area contributed by atoms with Crippen LogP contribution >= 0.6 is 0 Å². The summed E-state index contributed by atoms with van der Waals surface area (Å²) in [5, 5.41) is 0. The van der Waals surface area contributed by atoms with Gasteiger partial charge in [-0.15, -0.1) is 0 Å². The number of nitrogens with zero attached hydrogens (tertiary/aromatic N) is 1. The third-order valence-corrected chi connectivity index (χ3v) is 4.16. The van der Waals surface area contributed by atoms with Gasteiger partial charge in [-0.1, -0.05) is 60.7 Å². The van der Waals surface area contributed by atoms with Crippen LogP contribution in [0.3, 0.4) is 0 Å². The fourth-order valence-corrected chi connectivity index (χ4v) is 2.88. The molecule has 0 radical (unpaired) electrons. The first kappa shape index (κ1) is 16.9. The summed E-state index contributed by atoms with van der Waals surface area (Å²) in [5.74, 6) is 1.60. The average molecular weight is 333 g/mol. The highest BCUT2D eigenvalue weighted by atomic mass is 16.5. The van der Waals surface area contributed by atoms with Crippen LogP contribution in [0.4, 0.5) is 5.69 Å². The monoisotopic (exact) mass is 333 g/mol. The SMILES string of the molecule is COc1ccc(N(Cc2ccccc2)Cc2ccccc2)c(OC)c1. The zero-order chi connectivity index (χ0) is 17.5. The molecule has 0 saturated carbocycles. The van der Waals surface area contributed by atoms with Crippen molar-refractivity contribution in [2.24, 2.45) is 0 Å². The minimum Gasteiger partial charge on any atom is -0.497 e. The lowest BCUT2D eigenvalue weighted by atomic mass is 10.1. The summed E-state index contributed by atoms with van der Waals surface area (Å²) >= 11 is 0. The van der Waals surface area contributed by atoms with Crippen LogP contribution in [0.2, 0.25) is 0 Å². The molecule has 0 heterocycles. The second-order valence-corrected chi connectivity index (χ2v) is 5.87. The number of benzene rings is 3. The van der Waals surface area contributed by atoms with Crippen LogP contribution in [-0.2, 0) is 13.1 Å². The molecule has 3 aromatic carbocycles. The topological polar surface area (TPSA) is 21.7 Å². The van der Waals surface area contributed by atoms with Gasteiger partial charge in [-0.25, -0.2) is 0 Å². The van der Waals surface area contributed by atoms with E-state index in [0.29, 0.717) is 0 Å². The van der Waals surface area contributed by atoms with E-state index in [1.54, 1.807) is 14.2 Å². The highest BCUT2D eigenvalue weighted by Gasteiger charge is 2.14. The fourth-order valence-electron chi connectivity index (χ4n) is 2.88. The Labute approximate surface area is 149 Å². The second-order valence-electron chi connectivity index (χ2n) is 5.87. The lowest BCUT2D eigenvalue weighted by Crippen LogP contribution is -2.22. The van der Waals surface area contributed by atoms with E-state index in [4.69, 9.17) is 9.47 Å². The first-order chi connectivity index (χ1) is 12.3. The Hall–Kier alpha value is -2.94. The molecule has 0 aromatic heterocycles. The Balaban J connectivity index is 1.95. The third kappa shape index (κ3) is 4.32. The van der Waals surface area contributed by atoms with E-state index in [0.717, 1.165) is 30.3 Å². The summed E-state index contributed by atoms with van der Waals surface area (Å²) in [5.41, 5.74) is 3.57. The van der Waals surface area contributed by atoms with Crippen LogP contribution in [0.25, 0.3) is 0 Å². The van der Waals surface area contributed by atoms with Gasteiger partial charge in [-0.2, -0.15) is 0 Å². The van der Waals surface area contributed by atoms with Crippen molar-refractivity contribution in [1.82, 2.24) is 0 Å². The molecule has 0 atom stereocenters. The summed E-state index contributed by atoms with van der Waals surface area (Å²) in [6.07, 6.45) is 0. The molecule has 25 heavy (non-hydrogen) atoms. The number of hydrogen-bond acceptors (Lipinski definition) is 3. The molecule has 0 spiro atoms. The Bertz CT molecular complexity index is 746. The maximum atomic E-state index is 5.62. The van der Waals surface area contributed by atoms with E-state index in [1.807, 2.05) is 24.3 Å². The molecule has 0 aliphatic heterocycles. The summed E-state index contributed by atoms with van der Waals surface area (Å²) in [6, 6.07) is 26.9. The van der Waals surface area contributed by atoms with Crippen molar-refractivity contribution in [2.75, 3.05) is 19.1 Å². The van der Waals surface area contributed by atoms with E-state index in [1.165, 1.54) is 11.1 Å². The van der Waals surface area contributed by atoms with Crippen molar-refractivity contribution in [3.8, 4) is 11.5 Å². The summed E-state index contributed by atoms with van der Waals surface area (Å²) in [6.45, 7) is 1.61. The van der Waals surface area contributed by atoms with Gasteiger partial charge in [0.15, 0.2) is 0 Å². The number of rotatable bonds is 7. The largest absolute Gasteiger partial charge is 0.497 e. The van der Waals surface area contributed by atoms with Crippen LogP contribution in [-0.4, -0.2) is 14.2 Å². The molecule has 0 bridgehead atoms. The van der Waals surface area contributed by atoms with Crippen LogP contribution < -0.4 is 14.4 Å². The van der Waals surface area contributed by atoms with Crippen molar-refractivity contribution < 1.29 is 9.47 Å². The fraction of sp³-hybridized carbons (Fsp3) is 0.182. The van der Waals surface area contributed by atoms with Gasteiger partial charge in [0.25, 0.3) is 0 Å². The molecule has 0 saturated heterocycles. The van der Waals surface area contributed by atoms with E-state index in [2.05, 4.69) is 59.5 Å². The van der Waals surface area contributed by atoms with Crippen LogP contribution in [0.5, 0.6) is 11.5 Å². The van der Waals surface area contributed by atoms with Crippen LogP contribution in [0.1, 0.15) is 11.1 Å². The van der Waals surface area contributed by atoms with Crippen molar-refractivity contribution in [2.45, 2.75) is 13.1 Å². The average Bonchev–Trinajstić information content (AvgIpc) is 2.68. The Kier molecular flexibility index (Phi) is 5.57. The van der Waals surface area contributed by atoms with E-state index >= 15 is 0 Å². The van der Waals surface area contributed by atoms with Crippen molar-refractivity contribution in [1.29, 1.82) is 0 Å². The molecule has 0 amide bonds. The van der Waals surface area contributed by atoms with Crippen LogP contribution in [0, 0.1) is 0 Å². The quantitative estimate of drug-likeness (QED) is 0.613.